The molecule has 1 N–H and O–H groups in total. The Morgan fingerprint density at radius 1 is 1.12 bits per heavy atom. The Morgan fingerprint density at radius 2 is 1.47 bits per heavy atom. The van der Waals surface area contributed by atoms with Crippen molar-refractivity contribution in [2.45, 2.75) is 16.4 Å². The fourth-order valence-corrected chi connectivity index (χ4v) is 1.55. The molecule has 102 valence electrons. The van der Waals surface area contributed by atoms with E-state index in [4.69, 9.17) is 4.55 Å². The van der Waals surface area contributed by atoms with Crippen molar-refractivity contribution in [2.24, 2.45) is 4.40 Å². The molecular weight excluding hydrogens is 304 g/mol. The van der Waals surface area contributed by atoms with Crippen LogP contribution in [0, 0.1) is 0 Å². The van der Waals surface area contributed by atoms with Gasteiger partial charge in [-0.15, -0.1) is 0 Å². The molecule has 13 heteroatoms. The zero-order valence-corrected chi connectivity index (χ0v) is 9.04. The van der Waals surface area contributed by atoms with Crippen LogP contribution in [0.2, 0.25) is 0 Å². The van der Waals surface area contributed by atoms with E-state index >= 15 is 0 Å². The maximum atomic E-state index is 12.6. The van der Waals surface area contributed by atoms with E-state index in [0.717, 1.165) is 0 Å². The molecule has 0 fully saturated rings. The van der Waals surface area contributed by atoms with Gasteiger partial charge in [0.05, 0.1) is 0 Å². The predicted octanol–water partition coefficient (Wildman–Crippen LogP) is 1.06. The number of halogens is 6. The lowest BCUT2D eigenvalue weighted by molar-refractivity contribution is -0.243. The molecule has 0 aliphatic rings. The summed E-state index contributed by atoms with van der Waals surface area (Å²) in [5.74, 6) is -6.64. The molecule has 0 rings (SSSR count). The van der Waals surface area contributed by atoms with Gasteiger partial charge in [-0.25, -0.2) is 4.21 Å². The molecule has 0 heterocycles. The van der Waals surface area contributed by atoms with Crippen molar-refractivity contribution in [3.8, 4) is 0 Å². The molecule has 0 spiro atoms. The third-order valence-electron chi connectivity index (χ3n) is 1.44. The van der Waals surface area contributed by atoms with E-state index in [9.17, 15) is 39.0 Å². The Balaban J connectivity index is 5.95. The van der Waals surface area contributed by atoms with Gasteiger partial charge in [0, 0.05) is 6.72 Å². The molecule has 0 saturated heterocycles. The third kappa shape index (κ3) is 2.18. The van der Waals surface area contributed by atoms with E-state index in [1.165, 1.54) is 0 Å². The number of sulfonamides is 1. The maximum absolute atomic E-state index is 12.6. The molecule has 0 aromatic rings. The first kappa shape index (κ1) is 16.3. The van der Waals surface area contributed by atoms with Crippen LogP contribution in [0.4, 0.5) is 26.3 Å². The number of alkyl halides is 6. The van der Waals surface area contributed by atoms with E-state index in [0.29, 0.717) is 0 Å². The number of rotatable bonds is 5. The Bertz CT molecular complexity index is 445. The summed E-state index contributed by atoms with van der Waals surface area (Å²) in [7, 11) is -6.37. The monoisotopic (exact) mass is 307 g/mol. The van der Waals surface area contributed by atoms with Crippen LogP contribution in [-0.2, 0) is 21.1 Å². The standard InChI is InChI=1S/C4H3F6NO4S2/c1-11-17(14,15)4(9,10)2(5,6)3(7,8)16(12)13/h1H2,(H,12,13). The van der Waals surface area contributed by atoms with E-state index in [-0.39, 0.29) is 0 Å². The number of hydrogen-bond acceptors (Lipinski definition) is 3. The molecule has 0 aromatic carbocycles. The van der Waals surface area contributed by atoms with Gasteiger partial charge >= 0.3 is 26.5 Å². The quantitative estimate of drug-likeness (QED) is 0.467. The van der Waals surface area contributed by atoms with Crippen molar-refractivity contribution < 1.29 is 43.5 Å². The van der Waals surface area contributed by atoms with Gasteiger partial charge in [0.25, 0.3) is 0 Å². The maximum Gasteiger partial charge on any atom is 0.434 e. The third-order valence-corrected chi connectivity index (χ3v) is 3.38. The zero-order chi connectivity index (χ0) is 14.3. The topological polar surface area (TPSA) is 83.8 Å². The second kappa shape index (κ2) is 4.20. The van der Waals surface area contributed by atoms with Gasteiger partial charge in [-0.3, -0.25) is 0 Å². The fraction of sp³-hybridized carbons (Fsp3) is 0.750. The molecule has 5 nitrogen and oxygen atoms in total. The first-order valence-electron chi connectivity index (χ1n) is 3.22. The van der Waals surface area contributed by atoms with Crippen LogP contribution >= 0.6 is 0 Å². The van der Waals surface area contributed by atoms with Gasteiger partial charge in [-0.2, -0.15) is 39.2 Å². The summed E-state index contributed by atoms with van der Waals surface area (Å²) < 4.78 is 115. The van der Waals surface area contributed by atoms with Crippen molar-refractivity contribution in [3.05, 3.63) is 0 Å². The molecule has 0 radical (unpaired) electrons. The normalized spacial score (nSPS) is 16.6. The molecular formula is C4H3F6NO4S2. The highest BCUT2D eigenvalue weighted by atomic mass is 32.2. The van der Waals surface area contributed by atoms with E-state index < -0.39 is 37.5 Å². The van der Waals surface area contributed by atoms with Crippen LogP contribution in [0.1, 0.15) is 0 Å². The Morgan fingerprint density at radius 3 is 1.71 bits per heavy atom. The summed E-state index contributed by atoms with van der Waals surface area (Å²) >= 11 is -4.72. The van der Waals surface area contributed by atoms with Gasteiger partial charge in [0.1, 0.15) is 0 Å². The van der Waals surface area contributed by atoms with Crippen LogP contribution in [0.15, 0.2) is 4.40 Å². The summed E-state index contributed by atoms with van der Waals surface area (Å²) in [6.45, 7) is 2.00. The summed E-state index contributed by atoms with van der Waals surface area (Å²) in [5.41, 5.74) is 0. The second-order valence-corrected chi connectivity index (χ2v) is 5.19. The van der Waals surface area contributed by atoms with Crippen LogP contribution in [-0.4, -0.2) is 40.3 Å². The van der Waals surface area contributed by atoms with E-state index in [1.54, 1.807) is 4.40 Å². The molecule has 0 aromatic heterocycles. The largest absolute Gasteiger partial charge is 0.434 e. The molecule has 1 atom stereocenters. The minimum Gasteiger partial charge on any atom is -0.301 e. The lowest BCUT2D eigenvalue weighted by atomic mass is 10.3. The lowest BCUT2D eigenvalue weighted by Gasteiger charge is -2.28. The van der Waals surface area contributed by atoms with Gasteiger partial charge in [0.2, 0.25) is 11.1 Å². The predicted molar refractivity (Wildman–Crippen MR) is 44.1 cm³/mol. The van der Waals surface area contributed by atoms with Crippen LogP contribution in [0.3, 0.4) is 0 Å². The molecule has 0 aliphatic carbocycles. The molecule has 0 aliphatic heterocycles. The first-order chi connectivity index (χ1) is 7.25. The van der Waals surface area contributed by atoms with E-state index in [1.807, 2.05) is 6.72 Å². The van der Waals surface area contributed by atoms with Gasteiger partial charge in [-0.05, 0) is 0 Å². The minimum atomic E-state index is -6.64. The average molecular weight is 307 g/mol. The summed E-state index contributed by atoms with van der Waals surface area (Å²) in [4.78, 5) is 0. The Hall–Kier alpha value is -0.690. The second-order valence-electron chi connectivity index (χ2n) is 2.46. The molecule has 1 unspecified atom stereocenters. The van der Waals surface area contributed by atoms with Gasteiger partial charge < -0.3 is 4.55 Å². The highest BCUT2D eigenvalue weighted by Gasteiger charge is 2.80. The summed E-state index contributed by atoms with van der Waals surface area (Å²) in [6.07, 6.45) is 0. The highest BCUT2D eigenvalue weighted by Crippen LogP contribution is 2.49. The van der Waals surface area contributed by atoms with Crippen molar-refractivity contribution in [1.82, 2.24) is 0 Å². The van der Waals surface area contributed by atoms with Crippen molar-refractivity contribution >= 4 is 27.8 Å². The minimum absolute atomic E-state index is 1.61. The van der Waals surface area contributed by atoms with Crippen molar-refractivity contribution in [1.29, 1.82) is 0 Å². The molecule has 0 amide bonds. The molecule has 0 saturated carbocycles. The fourth-order valence-electron chi connectivity index (χ4n) is 0.522. The van der Waals surface area contributed by atoms with Crippen LogP contribution < -0.4 is 0 Å². The zero-order valence-electron chi connectivity index (χ0n) is 7.41. The number of nitrogens with zero attached hydrogens (tertiary/aromatic N) is 1. The Labute approximate surface area is 92.9 Å². The van der Waals surface area contributed by atoms with Gasteiger partial charge in [0.15, 0.2) is 0 Å². The first-order valence-corrected chi connectivity index (χ1v) is 5.77. The van der Waals surface area contributed by atoms with E-state index in [2.05, 4.69) is 0 Å². The highest BCUT2D eigenvalue weighted by molar-refractivity contribution is 7.91. The molecule has 0 bridgehead atoms. The van der Waals surface area contributed by atoms with Crippen LogP contribution in [0.5, 0.6) is 0 Å². The van der Waals surface area contributed by atoms with Crippen LogP contribution in [0.25, 0.3) is 0 Å². The smallest absolute Gasteiger partial charge is 0.301 e. The summed E-state index contributed by atoms with van der Waals surface area (Å²) in [6, 6.07) is 0. The molecule has 17 heavy (non-hydrogen) atoms. The summed E-state index contributed by atoms with van der Waals surface area (Å²) in [5, 5.41) is -12.6. The average Bonchev–Trinajstić information content (AvgIpc) is 2.16. The lowest BCUT2D eigenvalue weighted by Crippen LogP contribution is -2.58. The number of hydrogen-bond donors (Lipinski definition) is 1. The van der Waals surface area contributed by atoms with Crippen molar-refractivity contribution in [3.63, 3.8) is 0 Å². The van der Waals surface area contributed by atoms with Gasteiger partial charge in [-0.1, -0.05) is 0 Å². The Kier molecular flexibility index (Phi) is 4.03. The van der Waals surface area contributed by atoms with Crippen molar-refractivity contribution in [2.75, 3.05) is 0 Å². The SMILES string of the molecule is C=NS(=O)(=O)C(F)(F)C(F)(F)C(F)(F)S(=O)O.